The highest BCUT2D eigenvalue weighted by atomic mass is 16.6. The van der Waals surface area contributed by atoms with E-state index in [4.69, 9.17) is 14.2 Å². The largest absolute Gasteiger partial charge is 0.466 e. The Kier molecular flexibility index (Phi) is 10.7. The number of esters is 1. The Bertz CT molecular complexity index is 1340. The average Bonchev–Trinajstić information content (AvgIpc) is 2.90. The van der Waals surface area contributed by atoms with Gasteiger partial charge in [-0.15, -0.1) is 0 Å². The predicted octanol–water partition coefficient (Wildman–Crippen LogP) is 5.55. The monoisotopic (exact) mass is 610 g/mol. The molecular weight excluding hydrogens is 568 g/mol. The van der Waals surface area contributed by atoms with Gasteiger partial charge in [-0.1, -0.05) is 30.3 Å². The number of hydrogen-bond acceptors (Lipinski definition) is 9. The summed E-state index contributed by atoms with van der Waals surface area (Å²) in [6.45, 7) is 13.6. The van der Waals surface area contributed by atoms with Gasteiger partial charge in [-0.3, -0.25) is 14.5 Å². The van der Waals surface area contributed by atoms with E-state index in [1.165, 1.54) is 12.3 Å². The molecule has 3 unspecified atom stereocenters. The van der Waals surface area contributed by atoms with E-state index in [1.807, 2.05) is 30.3 Å². The van der Waals surface area contributed by atoms with Gasteiger partial charge in [0.05, 0.1) is 31.0 Å². The third kappa shape index (κ3) is 9.01. The molecule has 3 rings (SSSR count). The summed E-state index contributed by atoms with van der Waals surface area (Å²) in [5, 5.41) is 2.83. The molecular formula is C32H42N4O8. The second-order valence-electron chi connectivity index (χ2n) is 12.5. The summed E-state index contributed by atoms with van der Waals surface area (Å²) in [7, 11) is 0. The Morgan fingerprint density at radius 1 is 0.977 bits per heavy atom. The summed E-state index contributed by atoms with van der Waals surface area (Å²) in [4.78, 5) is 71.2. The van der Waals surface area contributed by atoms with Crippen LogP contribution in [0.25, 0.3) is 0 Å². The molecule has 0 aliphatic carbocycles. The number of nitrogens with one attached hydrogen (secondary N) is 1. The summed E-state index contributed by atoms with van der Waals surface area (Å²) in [5.41, 5.74) is -0.418. The first-order valence-corrected chi connectivity index (χ1v) is 14.6. The Balaban J connectivity index is 1.86. The van der Waals surface area contributed by atoms with Crippen LogP contribution in [-0.4, -0.2) is 63.8 Å². The van der Waals surface area contributed by atoms with E-state index in [9.17, 15) is 24.0 Å². The molecule has 0 spiro atoms. The maximum absolute atomic E-state index is 13.4. The van der Waals surface area contributed by atoms with Crippen LogP contribution >= 0.6 is 0 Å². The van der Waals surface area contributed by atoms with Crippen molar-refractivity contribution in [1.82, 2.24) is 15.2 Å². The van der Waals surface area contributed by atoms with Crippen LogP contribution in [-0.2, 0) is 30.2 Å². The van der Waals surface area contributed by atoms with Gasteiger partial charge in [0.25, 0.3) is 0 Å². The SMILES string of the molecule is CCOC(=O)CC1C(Cc2ccnc(N(C(=O)OC(C)(C)C)C(=O)OC(C)(C)C)c2)C(=O)N1C(=O)NC(C)c1ccccc1. The van der Waals surface area contributed by atoms with Crippen molar-refractivity contribution in [3.8, 4) is 0 Å². The van der Waals surface area contributed by atoms with Crippen molar-refractivity contribution >= 4 is 35.9 Å². The number of benzene rings is 1. The van der Waals surface area contributed by atoms with Crippen molar-refractivity contribution in [2.45, 2.75) is 91.5 Å². The second-order valence-corrected chi connectivity index (χ2v) is 12.5. The molecule has 0 bridgehead atoms. The number of aromatic nitrogens is 1. The first kappa shape index (κ1) is 34.0. The number of hydrogen-bond donors (Lipinski definition) is 1. The third-order valence-corrected chi connectivity index (χ3v) is 6.54. The molecule has 1 fully saturated rings. The standard InChI is InChI=1S/C32H42N4O8/c1-9-42-26(37)19-24-23(27(38)35(24)28(39)34-20(2)22-13-11-10-12-14-22)17-21-15-16-33-25(18-21)36(29(40)43-31(3,4)5)30(41)44-32(6,7)8/h10-16,18,20,23-24H,9,17,19H2,1-8H3,(H,34,39). The zero-order valence-corrected chi connectivity index (χ0v) is 26.6. The molecule has 1 aromatic carbocycles. The van der Waals surface area contributed by atoms with Gasteiger partial charge in [0.15, 0.2) is 0 Å². The number of carbonyl (C=O) groups excluding carboxylic acids is 5. The lowest BCUT2D eigenvalue weighted by Crippen LogP contribution is -2.66. The molecule has 0 saturated carbocycles. The smallest absolute Gasteiger partial charge is 0.425 e. The highest BCUT2D eigenvalue weighted by Gasteiger charge is 2.51. The van der Waals surface area contributed by atoms with Gasteiger partial charge in [-0.2, -0.15) is 4.90 Å². The van der Waals surface area contributed by atoms with Gasteiger partial charge < -0.3 is 19.5 Å². The molecule has 44 heavy (non-hydrogen) atoms. The zero-order valence-electron chi connectivity index (χ0n) is 26.6. The van der Waals surface area contributed by atoms with Crippen molar-refractivity contribution in [1.29, 1.82) is 0 Å². The van der Waals surface area contributed by atoms with E-state index in [1.54, 1.807) is 61.5 Å². The topological polar surface area (TPSA) is 144 Å². The first-order chi connectivity index (χ1) is 20.5. The summed E-state index contributed by atoms with van der Waals surface area (Å²) in [5.74, 6) is -1.82. The number of likely N-dealkylation sites (tertiary alicyclic amines) is 1. The molecule has 12 nitrogen and oxygen atoms in total. The van der Waals surface area contributed by atoms with E-state index >= 15 is 0 Å². The van der Waals surface area contributed by atoms with Crippen molar-refractivity contribution in [3.63, 3.8) is 0 Å². The molecule has 1 aromatic heterocycles. The van der Waals surface area contributed by atoms with Crippen LogP contribution in [0.15, 0.2) is 48.7 Å². The van der Waals surface area contributed by atoms with Gasteiger partial charge >= 0.3 is 24.2 Å². The normalized spacial score (nSPS) is 17.2. The number of imide groups is 2. The number of nitrogens with zero attached hydrogens (tertiary/aromatic N) is 3. The van der Waals surface area contributed by atoms with Crippen LogP contribution in [0.4, 0.5) is 20.2 Å². The maximum atomic E-state index is 13.4. The average molecular weight is 611 g/mol. The van der Waals surface area contributed by atoms with Gasteiger partial charge in [0, 0.05) is 6.20 Å². The second kappa shape index (κ2) is 13.9. The lowest BCUT2D eigenvalue weighted by molar-refractivity contribution is -0.156. The quantitative estimate of drug-likeness (QED) is 0.231. The van der Waals surface area contributed by atoms with Crippen LogP contribution in [0.2, 0.25) is 0 Å². The van der Waals surface area contributed by atoms with Crippen molar-refractivity contribution in [2.24, 2.45) is 5.92 Å². The molecule has 1 saturated heterocycles. The van der Waals surface area contributed by atoms with Gasteiger partial charge in [0.1, 0.15) is 17.0 Å². The van der Waals surface area contributed by atoms with Crippen molar-refractivity contribution in [2.75, 3.05) is 11.5 Å². The first-order valence-electron chi connectivity index (χ1n) is 14.6. The van der Waals surface area contributed by atoms with E-state index in [0.717, 1.165) is 10.5 Å². The predicted molar refractivity (Wildman–Crippen MR) is 162 cm³/mol. The van der Waals surface area contributed by atoms with Gasteiger partial charge in [0.2, 0.25) is 5.91 Å². The molecule has 1 N–H and O–H groups in total. The fourth-order valence-electron chi connectivity index (χ4n) is 4.62. The summed E-state index contributed by atoms with van der Waals surface area (Å²) in [6, 6.07) is 10.6. The number of urea groups is 1. The number of ether oxygens (including phenoxy) is 3. The minimum atomic E-state index is -0.980. The van der Waals surface area contributed by atoms with Crippen LogP contribution in [0.5, 0.6) is 0 Å². The highest BCUT2D eigenvalue weighted by Crippen LogP contribution is 2.34. The Morgan fingerprint density at radius 3 is 2.11 bits per heavy atom. The molecule has 2 heterocycles. The summed E-state index contributed by atoms with van der Waals surface area (Å²) >= 11 is 0. The van der Waals surface area contributed by atoms with Gasteiger partial charge in [-0.25, -0.2) is 19.4 Å². The third-order valence-electron chi connectivity index (χ3n) is 6.54. The molecule has 12 heteroatoms. The van der Waals surface area contributed by atoms with E-state index in [-0.39, 0.29) is 31.3 Å². The van der Waals surface area contributed by atoms with Crippen LogP contribution in [0.1, 0.15) is 79.0 Å². The molecule has 2 aromatic rings. The zero-order chi connectivity index (χ0) is 32.8. The highest BCUT2D eigenvalue weighted by molar-refractivity contribution is 6.08. The number of β-lactam (4-membered cyclic amide) rings is 1. The van der Waals surface area contributed by atoms with Crippen LogP contribution in [0.3, 0.4) is 0 Å². The van der Waals surface area contributed by atoms with Crippen LogP contribution in [0, 0.1) is 5.92 Å². The molecule has 1 aliphatic heterocycles. The minimum absolute atomic E-state index is 0.0639. The maximum Gasteiger partial charge on any atom is 0.425 e. The lowest BCUT2D eigenvalue weighted by atomic mass is 9.81. The molecule has 5 amide bonds. The summed E-state index contributed by atoms with van der Waals surface area (Å²) in [6.07, 6.45) is -0.648. The molecule has 238 valence electrons. The van der Waals surface area contributed by atoms with Gasteiger partial charge in [-0.05, 0) is 85.1 Å². The number of amides is 5. The Hall–Kier alpha value is -4.48. The van der Waals surface area contributed by atoms with Crippen LogP contribution < -0.4 is 10.2 Å². The lowest BCUT2D eigenvalue weighted by Gasteiger charge is -2.45. The number of carbonyl (C=O) groups is 5. The van der Waals surface area contributed by atoms with Crippen molar-refractivity contribution < 1.29 is 38.2 Å². The molecule has 0 radical (unpaired) electrons. The number of anilines is 1. The number of pyridine rings is 1. The van der Waals surface area contributed by atoms with E-state index < -0.39 is 53.3 Å². The Morgan fingerprint density at radius 2 is 1.57 bits per heavy atom. The van der Waals surface area contributed by atoms with Crippen molar-refractivity contribution in [3.05, 3.63) is 59.8 Å². The fourth-order valence-corrected chi connectivity index (χ4v) is 4.62. The molecule has 3 atom stereocenters. The van der Waals surface area contributed by atoms with E-state index in [2.05, 4.69) is 10.3 Å². The Labute approximate surface area is 258 Å². The fraction of sp³-hybridized carbons (Fsp3) is 0.500. The minimum Gasteiger partial charge on any atom is -0.466 e. The summed E-state index contributed by atoms with van der Waals surface area (Å²) < 4.78 is 16.0. The number of rotatable bonds is 8. The molecule has 1 aliphatic rings. The van der Waals surface area contributed by atoms with E-state index in [0.29, 0.717) is 10.5 Å².